The SMILES string of the molecule is N=C(OC(CO)CC1CCCCCCC1)C1(CC2=C/C(F)=C\CC/C=C\2)CCNCC1. The molecule has 1 heterocycles. The van der Waals surface area contributed by atoms with Crippen LogP contribution >= 0.6 is 0 Å². The van der Waals surface area contributed by atoms with Crippen LogP contribution in [-0.4, -0.2) is 36.8 Å². The number of nitrogens with one attached hydrogen (secondary N) is 2. The van der Waals surface area contributed by atoms with Crippen molar-refractivity contribution in [2.75, 3.05) is 19.7 Å². The average Bonchev–Trinajstić information content (AvgIpc) is 2.73. The van der Waals surface area contributed by atoms with Crippen molar-refractivity contribution in [2.24, 2.45) is 11.3 Å². The Labute approximate surface area is 187 Å². The van der Waals surface area contributed by atoms with Gasteiger partial charge in [-0.1, -0.05) is 57.1 Å². The van der Waals surface area contributed by atoms with Gasteiger partial charge in [0.1, 0.15) is 11.9 Å². The molecule has 4 nitrogen and oxygen atoms in total. The van der Waals surface area contributed by atoms with Crippen LogP contribution in [-0.2, 0) is 4.74 Å². The Morgan fingerprint density at radius 2 is 1.87 bits per heavy atom. The van der Waals surface area contributed by atoms with E-state index in [0.717, 1.165) is 50.8 Å². The predicted molar refractivity (Wildman–Crippen MR) is 125 cm³/mol. The molecule has 0 spiro atoms. The van der Waals surface area contributed by atoms with E-state index in [1.54, 1.807) is 12.2 Å². The molecule has 174 valence electrons. The van der Waals surface area contributed by atoms with Gasteiger partial charge in [0, 0.05) is 0 Å². The minimum Gasteiger partial charge on any atom is -0.475 e. The first-order valence-electron chi connectivity index (χ1n) is 12.4. The van der Waals surface area contributed by atoms with Crippen LogP contribution in [0.1, 0.15) is 83.5 Å². The van der Waals surface area contributed by atoms with Crippen LogP contribution in [0.25, 0.3) is 0 Å². The number of allylic oxidation sites excluding steroid dienone is 6. The number of ether oxygens (including phenoxy) is 1. The minimum atomic E-state index is -0.435. The molecule has 1 unspecified atom stereocenters. The van der Waals surface area contributed by atoms with Gasteiger partial charge in [-0.2, -0.15) is 0 Å². The smallest absolute Gasteiger partial charge is 0.187 e. The highest BCUT2D eigenvalue weighted by Crippen LogP contribution is 2.39. The van der Waals surface area contributed by atoms with Gasteiger partial charge in [0.25, 0.3) is 0 Å². The average molecular weight is 433 g/mol. The highest BCUT2D eigenvalue weighted by Gasteiger charge is 2.39. The molecule has 3 N–H and O–H groups in total. The van der Waals surface area contributed by atoms with E-state index in [1.165, 1.54) is 44.9 Å². The van der Waals surface area contributed by atoms with Crippen molar-refractivity contribution in [1.29, 1.82) is 5.41 Å². The zero-order chi connectivity index (χ0) is 21.9. The fraction of sp³-hybridized carbons (Fsp3) is 0.731. The maximum Gasteiger partial charge on any atom is 0.187 e. The lowest BCUT2D eigenvalue weighted by Crippen LogP contribution is -2.44. The van der Waals surface area contributed by atoms with Crippen molar-refractivity contribution in [3.63, 3.8) is 0 Å². The van der Waals surface area contributed by atoms with Gasteiger partial charge >= 0.3 is 0 Å². The summed E-state index contributed by atoms with van der Waals surface area (Å²) in [6.45, 7) is 1.61. The summed E-state index contributed by atoms with van der Waals surface area (Å²) in [4.78, 5) is 0. The first-order valence-corrected chi connectivity index (χ1v) is 12.4. The maximum atomic E-state index is 14.2. The standard InChI is InChI=1S/C26H41FN2O2/c27-23-12-8-4-7-11-22(17-23)19-26(13-15-29-16-14-26)25(28)31-24(20-30)18-21-9-5-2-1-3-6-10-21/h7,11-12,17,21,24,28-30H,1-6,8-10,13-16,18-20H2/b11-7-,22-17+,23-12+,28-25?. The zero-order valence-electron chi connectivity index (χ0n) is 19.0. The highest BCUT2D eigenvalue weighted by atomic mass is 19.1. The van der Waals surface area contributed by atoms with Crippen LogP contribution in [0.15, 0.2) is 35.7 Å². The molecule has 0 aromatic heterocycles. The van der Waals surface area contributed by atoms with Gasteiger partial charge in [-0.25, -0.2) is 4.39 Å². The van der Waals surface area contributed by atoms with Crippen molar-refractivity contribution < 1.29 is 14.2 Å². The maximum absolute atomic E-state index is 14.2. The number of hydrogen-bond acceptors (Lipinski definition) is 4. The van der Waals surface area contributed by atoms with Gasteiger partial charge in [-0.05, 0) is 75.3 Å². The van der Waals surface area contributed by atoms with E-state index >= 15 is 0 Å². The molecule has 3 aliphatic rings. The lowest BCUT2D eigenvalue weighted by atomic mass is 9.73. The predicted octanol–water partition coefficient (Wildman–Crippen LogP) is 5.98. The van der Waals surface area contributed by atoms with Crippen LogP contribution in [0, 0.1) is 16.7 Å². The second kappa shape index (κ2) is 12.5. The summed E-state index contributed by atoms with van der Waals surface area (Å²) in [6, 6.07) is 0. The molecule has 0 bridgehead atoms. The Kier molecular flexibility index (Phi) is 9.79. The Morgan fingerprint density at radius 1 is 1.16 bits per heavy atom. The van der Waals surface area contributed by atoms with Crippen molar-refractivity contribution in [2.45, 2.75) is 89.6 Å². The number of piperidine rings is 1. The Hall–Kier alpha value is -1.46. The van der Waals surface area contributed by atoms with Gasteiger partial charge in [0.2, 0.25) is 0 Å². The lowest BCUT2D eigenvalue weighted by molar-refractivity contribution is 0.0598. The summed E-state index contributed by atoms with van der Waals surface area (Å²) >= 11 is 0. The van der Waals surface area contributed by atoms with Crippen molar-refractivity contribution >= 4 is 5.90 Å². The summed E-state index contributed by atoms with van der Waals surface area (Å²) in [7, 11) is 0. The van der Waals surface area contributed by atoms with Crippen molar-refractivity contribution in [3.05, 3.63) is 35.7 Å². The highest BCUT2D eigenvalue weighted by molar-refractivity contribution is 5.80. The minimum absolute atomic E-state index is 0.0484. The molecule has 5 heteroatoms. The molecule has 0 amide bonds. The Morgan fingerprint density at radius 3 is 2.58 bits per heavy atom. The number of aliphatic hydroxyl groups is 1. The van der Waals surface area contributed by atoms with E-state index < -0.39 is 5.41 Å². The first kappa shape index (κ1) is 24.2. The van der Waals surface area contributed by atoms with E-state index in [-0.39, 0.29) is 24.4 Å². The summed E-state index contributed by atoms with van der Waals surface area (Å²) < 4.78 is 20.3. The number of aliphatic hydroxyl groups excluding tert-OH is 1. The van der Waals surface area contributed by atoms with E-state index in [1.807, 2.05) is 6.08 Å². The largest absolute Gasteiger partial charge is 0.475 e. The van der Waals surface area contributed by atoms with Gasteiger partial charge in [0.05, 0.1) is 12.0 Å². The van der Waals surface area contributed by atoms with Crippen LogP contribution in [0.4, 0.5) is 4.39 Å². The molecule has 2 fully saturated rings. The molecule has 1 saturated carbocycles. The summed E-state index contributed by atoms with van der Waals surface area (Å²) in [5, 5.41) is 22.3. The molecule has 31 heavy (non-hydrogen) atoms. The Balaban J connectivity index is 1.68. The Bertz CT molecular complexity index is 656. The summed E-state index contributed by atoms with van der Waals surface area (Å²) in [6.07, 6.45) is 20.5. The summed E-state index contributed by atoms with van der Waals surface area (Å²) in [5.74, 6) is 0.665. The fourth-order valence-electron chi connectivity index (χ4n) is 5.33. The van der Waals surface area contributed by atoms with Crippen molar-refractivity contribution in [3.8, 4) is 0 Å². The van der Waals surface area contributed by atoms with E-state index in [2.05, 4.69) is 11.4 Å². The topological polar surface area (TPSA) is 65.3 Å². The normalized spacial score (nSPS) is 28.5. The van der Waals surface area contributed by atoms with E-state index in [4.69, 9.17) is 10.1 Å². The molecule has 1 aliphatic heterocycles. The van der Waals surface area contributed by atoms with Gasteiger partial charge in [-0.15, -0.1) is 0 Å². The third kappa shape index (κ3) is 7.57. The molecule has 0 aromatic rings. The molecular formula is C26H41FN2O2. The molecule has 0 radical (unpaired) electrons. The summed E-state index contributed by atoms with van der Waals surface area (Å²) in [5.41, 5.74) is 0.485. The third-order valence-corrected chi connectivity index (χ3v) is 7.22. The fourth-order valence-corrected chi connectivity index (χ4v) is 5.33. The quantitative estimate of drug-likeness (QED) is 0.342. The number of rotatable bonds is 7. The lowest BCUT2D eigenvalue weighted by Gasteiger charge is -2.39. The third-order valence-electron chi connectivity index (χ3n) is 7.22. The molecule has 3 rings (SSSR count). The molecular weight excluding hydrogens is 391 g/mol. The molecule has 2 aliphatic carbocycles. The van der Waals surface area contributed by atoms with Gasteiger partial charge in [0.15, 0.2) is 5.90 Å². The molecule has 1 saturated heterocycles. The second-order valence-corrected chi connectivity index (χ2v) is 9.69. The second-order valence-electron chi connectivity index (χ2n) is 9.69. The van der Waals surface area contributed by atoms with E-state index in [0.29, 0.717) is 12.3 Å². The van der Waals surface area contributed by atoms with Gasteiger partial charge in [-0.3, -0.25) is 5.41 Å². The molecule has 0 aromatic carbocycles. The molecule has 1 atom stereocenters. The van der Waals surface area contributed by atoms with Crippen LogP contribution in [0.5, 0.6) is 0 Å². The van der Waals surface area contributed by atoms with E-state index in [9.17, 15) is 9.50 Å². The first-order chi connectivity index (χ1) is 15.1. The monoisotopic (exact) mass is 432 g/mol. The number of hydrogen-bond donors (Lipinski definition) is 3. The zero-order valence-corrected chi connectivity index (χ0v) is 19.0. The van der Waals surface area contributed by atoms with Crippen LogP contribution < -0.4 is 5.32 Å². The van der Waals surface area contributed by atoms with Gasteiger partial charge < -0.3 is 15.2 Å². The number of halogens is 1. The van der Waals surface area contributed by atoms with Crippen molar-refractivity contribution in [1.82, 2.24) is 5.32 Å². The van der Waals surface area contributed by atoms with Crippen LogP contribution in [0.2, 0.25) is 0 Å². The van der Waals surface area contributed by atoms with Crippen LogP contribution in [0.3, 0.4) is 0 Å².